The Morgan fingerprint density at radius 3 is 2.67 bits per heavy atom. The summed E-state index contributed by atoms with van der Waals surface area (Å²) < 4.78 is 0. The van der Waals surface area contributed by atoms with E-state index in [1.165, 1.54) is 11.3 Å². The lowest BCUT2D eigenvalue weighted by atomic mass is 10.1. The van der Waals surface area contributed by atoms with Crippen LogP contribution in [0.5, 0.6) is 0 Å². The summed E-state index contributed by atoms with van der Waals surface area (Å²) in [7, 11) is 3.52. The number of likely N-dealkylation sites (N-methyl/N-ethyl adjacent to an activating group) is 1. The van der Waals surface area contributed by atoms with E-state index in [4.69, 9.17) is 5.11 Å². The number of hydrogen-bond acceptors (Lipinski definition) is 3. The molecule has 0 aliphatic heterocycles. The van der Waals surface area contributed by atoms with Gasteiger partial charge in [0, 0.05) is 0 Å². The Hall–Kier alpha value is -0.870. The van der Waals surface area contributed by atoms with Gasteiger partial charge in [-0.15, -0.1) is 0 Å². The number of aliphatic carboxylic acids is 1. The average molecular weight is 185 g/mol. The molecule has 1 heterocycles. The van der Waals surface area contributed by atoms with Crippen LogP contribution in [0.25, 0.3) is 0 Å². The fourth-order valence-electron chi connectivity index (χ4n) is 1.09. The molecule has 3 nitrogen and oxygen atoms in total. The Labute approximate surface area is 75.2 Å². The summed E-state index contributed by atoms with van der Waals surface area (Å²) in [4.78, 5) is 12.5. The molecule has 66 valence electrons. The third kappa shape index (κ3) is 1.84. The van der Waals surface area contributed by atoms with Crippen molar-refractivity contribution in [2.45, 2.75) is 6.04 Å². The molecule has 4 heteroatoms. The molecular weight excluding hydrogens is 174 g/mol. The maximum atomic E-state index is 10.8. The van der Waals surface area contributed by atoms with Gasteiger partial charge in [0.1, 0.15) is 6.04 Å². The van der Waals surface area contributed by atoms with Crippen molar-refractivity contribution in [3.05, 3.63) is 22.4 Å². The van der Waals surface area contributed by atoms with Gasteiger partial charge >= 0.3 is 5.97 Å². The molecule has 0 unspecified atom stereocenters. The first-order valence-electron chi connectivity index (χ1n) is 3.54. The topological polar surface area (TPSA) is 40.5 Å². The van der Waals surface area contributed by atoms with Crippen molar-refractivity contribution in [2.24, 2.45) is 0 Å². The zero-order chi connectivity index (χ0) is 9.14. The van der Waals surface area contributed by atoms with E-state index in [9.17, 15) is 4.79 Å². The summed E-state index contributed by atoms with van der Waals surface area (Å²) >= 11 is 1.51. The van der Waals surface area contributed by atoms with Gasteiger partial charge in [-0.25, -0.2) is 0 Å². The van der Waals surface area contributed by atoms with Crippen molar-refractivity contribution >= 4 is 17.3 Å². The van der Waals surface area contributed by atoms with Crippen LogP contribution < -0.4 is 0 Å². The minimum atomic E-state index is -0.807. The fourth-order valence-corrected chi connectivity index (χ4v) is 1.77. The molecule has 0 aliphatic carbocycles. The predicted octanol–water partition coefficient (Wildman–Crippen LogP) is 1.44. The lowest BCUT2D eigenvalue weighted by Crippen LogP contribution is -2.26. The van der Waals surface area contributed by atoms with Crippen molar-refractivity contribution in [3.8, 4) is 0 Å². The number of thiophene rings is 1. The monoisotopic (exact) mass is 185 g/mol. The van der Waals surface area contributed by atoms with Crippen LogP contribution in [0.15, 0.2) is 16.8 Å². The number of hydrogen-bond donors (Lipinski definition) is 1. The number of carboxylic acids is 1. The van der Waals surface area contributed by atoms with Crippen LogP contribution >= 0.6 is 11.3 Å². The second-order valence-electron chi connectivity index (χ2n) is 2.76. The Kier molecular flexibility index (Phi) is 2.83. The van der Waals surface area contributed by atoms with Gasteiger partial charge in [-0.3, -0.25) is 9.69 Å². The zero-order valence-corrected chi connectivity index (χ0v) is 7.84. The smallest absolute Gasteiger partial charge is 0.325 e. The molecule has 1 rings (SSSR count). The Balaban J connectivity index is 2.88. The fraction of sp³-hybridized carbons (Fsp3) is 0.375. The summed E-state index contributed by atoms with van der Waals surface area (Å²) in [5.74, 6) is -0.807. The van der Waals surface area contributed by atoms with Crippen LogP contribution in [-0.4, -0.2) is 30.1 Å². The summed E-state index contributed by atoms with van der Waals surface area (Å²) in [5, 5.41) is 12.6. The van der Waals surface area contributed by atoms with Gasteiger partial charge in [-0.2, -0.15) is 11.3 Å². The van der Waals surface area contributed by atoms with E-state index < -0.39 is 12.0 Å². The molecule has 0 radical (unpaired) electrons. The molecule has 1 N–H and O–H groups in total. The lowest BCUT2D eigenvalue weighted by Gasteiger charge is -2.18. The van der Waals surface area contributed by atoms with E-state index in [0.29, 0.717) is 0 Å². The quantitative estimate of drug-likeness (QED) is 0.774. The summed E-state index contributed by atoms with van der Waals surface area (Å²) in [6, 6.07) is 1.32. The van der Waals surface area contributed by atoms with Gasteiger partial charge in [0.25, 0.3) is 0 Å². The highest BCUT2D eigenvalue weighted by atomic mass is 32.1. The van der Waals surface area contributed by atoms with Crippen LogP contribution in [0.3, 0.4) is 0 Å². The number of nitrogens with zero attached hydrogens (tertiary/aromatic N) is 1. The van der Waals surface area contributed by atoms with Crippen molar-refractivity contribution in [1.29, 1.82) is 0 Å². The first-order valence-corrected chi connectivity index (χ1v) is 4.48. The highest BCUT2D eigenvalue weighted by Crippen LogP contribution is 2.20. The van der Waals surface area contributed by atoms with Crippen LogP contribution in [0.1, 0.15) is 11.6 Å². The minimum absolute atomic E-state index is 0.517. The average Bonchev–Trinajstić information content (AvgIpc) is 2.37. The molecule has 0 aromatic carbocycles. The summed E-state index contributed by atoms with van der Waals surface area (Å²) in [6.45, 7) is 0. The van der Waals surface area contributed by atoms with E-state index in [1.807, 2.05) is 16.8 Å². The third-order valence-electron chi connectivity index (χ3n) is 1.61. The predicted molar refractivity (Wildman–Crippen MR) is 48.4 cm³/mol. The van der Waals surface area contributed by atoms with Crippen LogP contribution in [0.2, 0.25) is 0 Å². The summed E-state index contributed by atoms with van der Waals surface area (Å²) in [6.07, 6.45) is 0. The van der Waals surface area contributed by atoms with E-state index in [2.05, 4.69) is 0 Å². The van der Waals surface area contributed by atoms with Crippen LogP contribution in [0.4, 0.5) is 0 Å². The molecule has 1 aromatic rings. The van der Waals surface area contributed by atoms with Crippen molar-refractivity contribution < 1.29 is 9.90 Å². The SMILES string of the molecule is CN(C)[C@@H](C(=O)O)c1ccsc1. The molecule has 0 saturated heterocycles. The van der Waals surface area contributed by atoms with Crippen molar-refractivity contribution in [1.82, 2.24) is 4.90 Å². The molecule has 0 aliphatic rings. The Bertz CT molecular complexity index is 256. The molecule has 12 heavy (non-hydrogen) atoms. The van der Waals surface area contributed by atoms with E-state index in [0.717, 1.165) is 5.56 Å². The number of carboxylic acid groups (broad SMARTS) is 1. The van der Waals surface area contributed by atoms with Gasteiger partial charge in [0.15, 0.2) is 0 Å². The first kappa shape index (κ1) is 9.22. The third-order valence-corrected chi connectivity index (χ3v) is 2.31. The van der Waals surface area contributed by atoms with Gasteiger partial charge in [-0.05, 0) is 36.5 Å². The van der Waals surface area contributed by atoms with Crippen LogP contribution in [-0.2, 0) is 4.79 Å². The Morgan fingerprint density at radius 2 is 2.33 bits per heavy atom. The zero-order valence-electron chi connectivity index (χ0n) is 7.02. The van der Waals surface area contributed by atoms with Gasteiger partial charge in [-0.1, -0.05) is 0 Å². The maximum Gasteiger partial charge on any atom is 0.325 e. The van der Waals surface area contributed by atoms with E-state index in [1.54, 1.807) is 19.0 Å². The molecule has 0 saturated carbocycles. The second-order valence-corrected chi connectivity index (χ2v) is 3.54. The molecule has 0 fully saturated rings. The standard InChI is InChI=1S/C8H11NO2S/c1-9(2)7(8(10)11)6-3-4-12-5-6/h3-5,7H,1-2H3,(H,10,11)/t7-/m1/s1. The summed E-state index contributed by atoms with van der Waals surface area (Å²) in [5.41, 5.74) is 0.845. The largest absolute Gasteiger partial charge is 0.480 e. The molecule has 0 spiro atoms. The van der Waals surface area contributed by atoms with E-state index in [-0.39, 0.29) is 0 Å². The molecule has 0 bridgehead atoms. The molecular formula is C8H11NO2S. The van der Waals surface area contributed by atoms with Gasteiger partial charge in [0.05, 0.1) is 0 Å². The number of carbonyl (C=O) groups is 1. The molecule has 1 atom stereocenters. The maximum absolute atomic E-state index is 10.8. The highest BCUT2D eigenvalue weighted by molar-refractivity contribution is 7.08. The van der Waals surface area contributed by atoms with Crippen molar-refractivity contribution in [3.63, 3.8) is 0 Å². The lowest BCUT2D eigenvalue weighted by molar-refractivity contribution is -0.142. The normalized spacial score (nSPS) is 13.2. The molecule has 0 amide bonds. The first-order chi connectivity index (χ1) is 5.63. The van der Waals surface area contributed by atoms with E-state index >= 15 is 0 Å². The number of rotatable bonds is 3. The van der Waals surface area contributed by atoms with Gasteiger partial charge in [0.2, 0.25) is 0 Å². The highest BCUT2D eigenvalue weighted by Gasteiger charge is 2.21. The minimum Gasteiger partial charge on any atom is -0.480 e. The Morgan fingerprint density at radius 1 is 1.67 bits per heavy atom. The van der Waals surface area contributed by atoms with Gasteiger partial charge < -0.3 is 5.11 Å². The molecule has 1 aromatic heterocycles. The van der Waals surface area contributed by atoms with Crippen LogP contribution in [0, 0.1) is 0 Å². The van der Waals surface area contributed by atoms with Crippen molar-refractivity contribution in [2.75, 3.05) is 14.1 Å². The second kappa shape index (κ2) is 3.69.